The van der Waals surface area contributed by atoms with Crippen molar-refractivity contribution in [2.45, 2.75) is 13.0 Å². The highest BCUT2D eigenvalue weighted by atomic mass is 16.5. The molecule has 2 N–H and O–H groups in total. The smallest absolute Gasteiger partial charge is 0.329 e. The zero-order chi connectivity index (χ0) is 14.7. The molecule has 0 spiro atoms. The predicted octanol–water partition coefficient (Wildman–Crippen LogP) is -1.17. The molecule has 7 nitrogen and oxygen atoms in total. The average molecular weight is 275 g/mol. The molecule has 0 aliphatic heterocycles. The summed E-state index contributed by atoms with van der Waals surface area (Å²) >= 11 is 0. The highest BCUT2D eigenvalue weighted by Crippen LogP contribution is 1.87. The number of nitrogens with one attached hydrogen (secondary N) is 2. The molecule has 0 radical (unpaired) electrons. The lowest BCUT2D eigenvalue weighted by Crippen LogP contribution is -2.47. The van der Waals surface area contributed by atoms with Crippen molar-refractivity contribution >= 4 is 11.9 Å². The van der Waals surface area contributed by atoms with Gasteiger partial charge in [0.25, 0.3) is 0 Å². The van der Waals surface area contributed by atoms with Gasteiger partial charge in [0, 0.05) is 26.6 Å². The van der Waals surface area contributed by atoms with Crippen LogP contribution in [0.1, 0.15) is 6.92 Å². The van der Waals surface area contributed by atoms with Crippen LogP contribution in [0.25, 0.3) is 0 Å². The van der Waals surface area contributed by atoms with Crippen molar-refractivity contribution in [3.8, 4) is 0 Å². The van der Waals surface area contributed by atoms with Gasteiger partial charge in [0.15, 0.2) is 0 Å². The third-order valence-corrected chi connectivity index (χ3v) is 2.32. The third kappa shape index (κ3) is 10.4. The summed E-state index contributed by atoms with van der Waals surface area (Å²) in [5.41, 5.74) is 0. The number of carbonyl (C=O) groups is 2. The summed E-state index contributed by atoms with van der Waals surface area (Å²) in [5, 5.41) is 5.56. The van der Waals surface area contributed by atoms with Crippen LogP contribution in [-0.2, 0) is 19.1 Å². The molecule has 0 saturated heterocycles. The zero-order valence-corrected chi connectivity index (χ0v) is 12.2. The summed E-state index contributed by atoms with van der Waals surface area (Å²) in [7, 11) is 5.26. The van der Waals surface area contributed by atoms with Gasteiger partial charge in [-0.2, -0.15) is 0 Å². The molecule has 0 rings (SSSR count). The second-order valence-electron chi connectivity index (χ2n) is 4.40. The Morgan fingerprint density at radius 1 is 1.26 bits per heavy atom. The van der Waals surface area contributed by atoms with Crippen LogP contribution in [-0.4, -0.2) is 76.9 Å². The minimum atomic E-state index is -0.663. The molecule has 1 amide bonds. The molecular formula is C12H25N3O4. The highest BCUT2D eigenvalue weighted by Gasteiger charge is 2.19. The van der Waals surface area contributed by atoms with Gasteiger partial charge in [0.05, 0.1) is 20.3 Å². The van der Waals surface area contributed by atoms with Gasteiger partial charge in [0.1, 0.15) is 6.04 Å². The number of carbonyl (C=O) groups excluding carboxylic acids is 2. The Morgan fingerprint density at radius 3 is 2.47 bits per heavy atom. The monoisotopic (exact) mass is 275 g/mol. The van der Waals surface area contributed by atoms with Gasteiger partial charge in [0.2, 0.25) is 5.91 Å². The van der Waals surface area contributed by atoms with E-state index in [1.807, 2.05) is 19.0 Å². The van der Waals surface area contributed by atoms with Gasteiger partial charge < -0.3 is 25.0 Å². The topological polar surface area (TPSA) is 79.9 Å². The number of hydrogen-bond acceptors (Lipinski definition) is 6. The molecule has 19 heavy (non-hydrogen) atoms. The van der Waals surface area contributed by atoms with Crippen LogP contribution in [0, 0.1) is 0 Å². The second-order valence-corrected chi connectivity index (χ2v) is 4.40. The van der Waals surface area contributed by atoms with Crippen molar-refractivity contribution in [1.29, 1.82) is 0 Å². The number of ether oxygens (including phenoxy) is 2. The Balaban J connectivity index is 3.69. The van der Waals surface area contributed by atoms with Gasteiger partial charge in [-0.3, -0.25) is 4.79 Å². The third-order valence-electron chi connectivity index (χ3n) is 2.32. The Kier molecular flexibility index (Phi) is 10.1. The summed E-state index contributed by atoms with van der Waals surface area (Å²) in [5.74, 6) is -0.726. The number of methoxy groups -OCH3 is 1. The van der Waals surface area contributed by atoms with Gasteiger partial charge in [-0.05, 0) is 14.1 Å². The lowest BCUT2D eigenvalue weighted by atomic mass is 10.3. The van der Waals surface area contributed by atoms with Crippen molar-refractivity contribution in [3.05, 3.63) is 0 Å². The Hall–Kier alpha value is -1.18. The van der Waals surface area contributed by atoms with E-state index in [0.717, 1.165) is 6.54 Å². The van der Waals surface area contributed by atoms with Gasteiger partial charge in [-0.25, -0.2) is 4.79 Å². The molecule has 0 saturated carbocycles. The van der Waals surface area contributed by atoms with Crippen LogP contribution >= 0.6 is 0 Å². The molecule has 112 valence electrons. The van der Waals surface area contributed by atoms with Crippen LogP contribution in [0.5, 0.6) is 0 Å². The first kappa shape index (κ1) is 17.8. The summed E-state index contributed by atoms with van der Waals surface area (Å²) < 4.78 is 9.99. The average Bonchev–Trinajstić information content (AvgIpc) is 2.34. The van der Waals surface area contributed by atoms with E-state index in [1.54, 1.807) is 0 Å². The van der Waals surface area contributed by atoms with E-state index in [2.05, 4.69) is 15.4 Å². The van der Waals surface area contributed by atoms with Gasteiger partial charge >= 0.3 is 5.97 Å². The number of rotatable bonds is 10. The Morgan fingerprint density at radius 2 is 1.95 bits per heavy atom. The molecule has 0 aromatic carbocycles. The SMILES string of the molecule is COC(=O)C(CNCCOCCN(C)C)NC(C)=O. The van der Waals surface area contributed by atoms with Crippen LogP contribution in [0.3, 0.4) is 0 Å². The Labute approximate surface area is 114 Å². The first-order chi connectivity index (χ1) is 8.97. The van der Waals surface area contributed by atoms with E-state index < -0.39 is 12.0 Å². The van der Waals surface area contributed by atoms with Crippen molar-refractivity contribution < 1.29 is 19.1 Å². The van der Waals surface area contributed by atoms with Crippen molar-refractivity contribution in [2.24, 2.45) is 0 Å². The summed E-state index contributed by atoms with van der Waals surface area (Å²) in [6, 6.07) is -0.663. The van der Waals surface area contributed by atoms with Crippen LogP contribution in [0.4, 0.5) is 0 Å². The van der Waals surface area contributed by atoms with Crippen LogP contribution in [0.2, 0.25) is 0 Å². The molecule has 7 heteroatoms. The van der Waals surface area contributed by atoms with Gasteiger partial charge in [-0.15, -0.1) is 0 Å². The minimum absolute atomic E-state index is 0.264. The van der Waals surface area contributed by atoms with E-state index in [0.29, 0.717) is 26.3 Å². The number of hydrogen-bond donors (Lipinski definition) is 2. The fourth-order valence-electron chi connectivity index (χ4n) is 1.32. The summed E-state index contributed by atoms with van der Waals surface area (Å²) in [6.07, 6.45) is 0. The fraction of sp³-hybridized carbons (Fsp3) is 0.833. The van der Waals surface area contributed by atoms with E-state index in [9.17, 15) is 9.59 Å². The van der Waals surface area contributed by atoms with E-state index >= 15 is 0 Å². The number of esters is 1. The van der Waals surface area contributed by atoms with Gasteiger partial charge in [-0.1, -0.05) is 0 Å². The molecule has 0 fully saturated rings. The second kappa shape index (κ2) is 10.7. The molecule has 0 aromatic rings. The molecule has 0 aromatic heterocycles. The number of likely N-dealkylation sites (N-methyl/N-ethyl adjacent to an activating group) is 1. The maximum atomic E-state index is 11.4. The molecule has 0 heterocycles. The minimum Gasteiger partial charge on any atom is -0.467 e. The molecule has 0 aliphatic carbocycles. The maximum Gasteiger partial charge on any atom is 0.329 e. The van der Waals surface area contributed by atoms with Crippen LogP contribution < -0.4 is 10.6 Å². The number of amides is 1. The number of nitrogens with zero attached hydrogens (tertiary/aromatic N) is 1. The van der Waals surface area contributed by atoms with E-state index in [-0.39, 0.29) is 5.91 Å². The molecule has 1 atom stereocenters. The summed E-state index contributed by atoms with van der Waals surface area (Å²) in [4.78, 5) is 24.4. The quantitative estimate of drug-likeness (QED) is 0.386. The molecule has 0 aliphatic rings. The standard InChI is InChI=1S/C12H25N3O4/c1-10(16)14-11(12(17)18-4)9-13-5-7-19-8-6-15(2)3/h11,13H,5-9H2,1-4H3,(H,14,16). The van der Waals surface area contributed by atoms with Crippen LogP contribution in [0.15, 0.2) is 0 Å². The molecular weight excluding hydrogens is 250 g/mol. The predicted molar refractivity (Wildman–Crippen MR) is 71.9 cm³/mol. The first-order valence-electron chi connectivity index (χ1n) is 6.25. The fourth-order valence-corrected chi connectivity index (χ4v) is 1.32. The van der Waals surface area contributed by atoms with E-state index in [4.69, 9.17) is 4.74 Å². The summed E-state index contributed by atoms with van der Waals surface area (Å²) in [6.45, 7) is 4.39. The first-order valence-corrected chi connectivity index (χ1v) is 6.25. The molecule has 0 bridgehead atoms. The lowest BCUT2D eigenvalue weighted by molar-refractivity contribution is -0.144. The van der Waals surface area contributed by atoms with E-state index in [1.165, 1.54) is 14.0 Å². The Bertz CT molecular complexity index is 272. The lowest BCUT2D eigenvalue weighted by Gasteiger charge is -2.16. The highest BCUT2D eigenvalue weighted by molar-refractivity contribution is 5.83. The van der Waals surface area contributed by atoms with Crippen molar-refractivity contribution in [2.75, 3.05) is 54.1 Å². The van der Waals surface area contributed by atoms with Crippen molar-refractivity contribution in [1.82, 2.24) is 15.5 Å². The zero-order valence-electron chi connectivity index (χ0n) is 12.2. The molecule has 1 unspecified atom stereocenters. The maximum absolute atomic E-state index is 11.4. The normalized spacial score (nSPS) is 12.3. The van der Waals surface area contributed by atoms with Crippen molar-refractivity contribution in [3.63, 3.8) is 0 Å². The largest absolute Gasteiger partial charge is 0.467 e.